The van der Waals surface area contributed by atoms with Crippen LogP contribution in [0.3, 0.4) is 0 Å². The van der Waals surface area contributed by atoms with E-state index in [9.17, 15) is 5.11 Å². The van der Waals surface area contributed by atoms with Crippen molar-refractivity contribution in [3.8, 4) is 0 Å². The van der Waals surface area contributed by atoms with Crippen molar-refractivity contribution in [1.29, 1.82) is 0 Å². The summed E-state index contributed by atoms with van der Waals surface area (Å²) in [5.74, 6) is 0. The molecule has 1 rings (SSSR count). The Morgan fingerprint density at radius 2 is 1.88 bits per heavy atom. The molecule has 2 N–H and O–H groups in total. The molecular weight excluding hydrogens is 216 g/mol. The molecule has 0 aliphatic rings. The Morgan fingerprint density at radius 3 is 2.53 bits per heavy atom. The number of hydrogen-bond acceptors (Lipinski definition) is 3. The third kappa shape index (κ3) is 7.10. The van der Waals surface area contributed by atoms with Crippen LogP contribution in [0.25, 0.3) is 0 Å². The number of ether oxygens (including phenoxy) is 1. The molecule has 0 aliphatic heterocycles. The van der Waals surface area contributed by atoms with E-state index in [1.165, 1.54) is 0 Å². The SMILES string of the molecule is C[C@@H](O)C[C@H](O)CCCOCc1ccccc1. The summed E-state index contributed by atoms with van der Waals surface area (Å²) in [6.45, 7) is 2.95. The van der Waals surface area contributed by atoms with Crippen molar-refractivity contribution < 1.29 is 14.9 Å². The Labute approximate surface area is 103 Å². The van der Waals surface area contributed by atoms with Crippen molar-refractivity contribution in [2.24, 2.45) is 0 Å². The van der Waals surface area contributed by atoms with Crippen molar-refractivity contribution in [2.45, 2.75) is 45.0 Å². The molecule has 0 amide bonds. The van der Waals surface area contributed by atoms with Gasteiger partial charge in [-0.1, -0.05) is 30.3 Å². The number of rotatable bonds is 8. The molecule has 0 unspecified atom stereocenters. The van der Waals surface area contributed by atoms with Gasteiger partial charge < -0.3 is 14.9 Å². The van der Waals surface area contributed by atoms with E-state index in [1.807, 2.05) is 30.3 Å². The van der Waals surface area contributed by atoms with Crippen LogP contribution in [0.2, 0.25) is 0 Å². The van der Waals surface area contributed by atoms with E-state index in [0.717, 1.165) is 12.0 Å². The average Bonchev–Trinajstić information content (AvgIpc) is 2.29. The van der Waals surface area contributed by atoms with Gasteiger partial charge in [-0.25, -0.2) is 0 Å². The Bertz CT molecular complexity index is 285. The van der Waals surface area contributed by atoms with Crippen molar-refractivity contribution in [2.75, 3.05) is 6.61 Å². The molecule has 0 spiro atoms. The Balaban J connectivity index is 2.01. The maximum atomic E-state index is 9.52. The summed E-state index contributed by atoms with van der Waals surface area (Å²) in [5, 5.41) is 18.6. The van der Waals surface area contributed by atoms with E-state index in [2.05, 4.69) is 0 Å². The van der Waals surface area contributed by atoms with Gasteiger partial charge in [-0.2, -0.15) is 0 Å². The zero-order valence-electron chi connectivity index (χ0n) is 10.4. The van der Waals surface area contributed by atoms with E-state index in [4.69, 9.17) is 9.84 Å². The molecule has 96 valence electrons. The molecule has 17 heavy (non-hydrogen) atoms. The fourth-order valence-electron chi connectivity index (χ4n) is 1.70. The largest absolute Gasteiger partial charge is 0.393 e. The minimum atomic E-state index is -0.435. The summed E-state index contributed by atoms with van der Waals surface area (Å²) in [6, 6.07) is 10.0. The highest BCUT2D eigenvalue weighted by Crippen LogP contribution is 2.06. The lowest BCUT2D eigenvalue weighted by molar-refractivity contribution is 0.0672. The van der Waals surface area contributed by atoms with Gasteiger partial charge in [-0.15, -0.1) is 0 Å². The summed E-state index contributed by atoms with van der Waals surface area (Å²) >= 11 is 0. The minimum Gasteiger partial charge on any atom is -0.393 e. The first-order valence-corrected chi connectivity index (χ1v) is 6.16. The standard InChI is InChI=1S/C14H22O3/c1-12(15)10-14(16)8-5-9-17-11-13-6-3-2-4-7-13/h2-4,6-7,12,14-16H,5,8-11H2,1H3/t12-,14-/m1/s1. The van der Waals surface area contributed by atoms with E-state index in [1.54, 1.807) is 6.92 Å². The zero-order valence-corrected chi connectivity index (χ0v) is 10.4. The molecule has 0 aromatic heterocycles. The first kappa shape index (κ1) is 14.2. The molecule has 0 saturated carbocycles. The fraction of sp³-hybridized carbons (Fsp3) is 0.571. The van der Waals surface area contributed by atoms with Crippen LogP contribution < -0.4 is 0 Å². The van der Waals surface area contributed by atoms with E-state index in [0.29, 0.717) is 26.1 Å². The number of aliphatic hydroxyl groups is 2. The highest BCUT2D eigenvalue weighted by Gasteiger charge is 2.07. The van der Waals surface area contributed by atoms with Gasteiger partial charge in [0, 0.05) is 6.61 Å². The molecule has 3 nitrogen and oxygen atoms in total. The Morgan fingerprint density at radius 1 is 1.18 bits per heavy atom. The van der Waals surface area contributed by atoms with Crippen molar-refractivity contribution in [3.63, 3.8) is 0 Å². The predicted octanol–water partition coefficient (Wildman–Crippen LogP) is 2.12. The Kier molecular flexibility index (Phi) is 6.86. The summed E-state index contributed by atoms with van der Waals surface area (Å²) in [4.78, 5) is 0. The normalized spacial score (nSPS) is 14.5. The van der Waals surface area contributed by atoms with Crippen LogP contribution >= 0.6 is 0 Å². The van der Waals surface area contributed by atoms with Gasteiger partial charge in [0.2, 0.25) is 0 Å². The van der Waals surface area contributed by atoms with Crippen LogP contribution in [0.1, 0.15) is 31.7 Å². The van der Waals surface area contributed by atoms with Crippen LogP contribution in [0.4, 0.5) is 0 Å². The fourth-order valence-corrected chi connectivity index (χ4v) is 1.70. The number of aliphatic hydroxyl groups excluding tert-OH is 2. The van der Waals surface area contributed by atoms with E-state index in [-0.39, 0.29) is 0 Å². The highest BCUT2D eigenvalue weighted by molar-refractivity contribution is 5.13. The number of hydrogen-bond donors (Lipinski definition) is 2. The zero-order chi connectivity index (χ0) is 12.5. The third-order valence-corrected chi connectivity index (χ3v) is 2.55. The summed E-state index contributed by atoms with van der Waals surface area (Å²) < 4.78 is 5.50. The van der Waals surface area contributed by atoms with Crippen molar-refractivity contribution in [3.05, 3.63) is 35.9 Å². The number of benzene rings is 1. The quantitative estimate of drug-likeness (QED) is 0.682. The van der Waals surface area contributed by atoms with Gasteiger partial charge in [-0.3, -0.25) is 0 Å². The molecule has 0 fully saturated rings. The molecular formula is C14H22O3. The van der Waals surface area contributed by atoms with Crippen LogP contribution in [0.15, 0.2) is 30.3 Å². The molecule has 0 heterocycles. The topological polar surface area (TPSA) is 49.7 Å². The van der Waals surface area contributed by atoms with Gasteiger partial charge in [0.1, 0.15) is 0 Å². The molecule has 3 heteroatoms. The van der Waals surface area contributed by atoms with Gasteiger partial charge >= 0.3 is 0 Å². The summed E-state index contributed by atoms with van der Waals surface area (Å²) in [5.41, 5.74) is 1.16. The van der Waals surface area contributed by atoms with Gasteiger partial charge in [0.25, 0.3) is 0 Å². The molecule has 1 aromatic carbocycles. The van der Waals surface area contributed by atoms with Crippen LogP contribution in [0.5, 0.6) is 0 Å². The smallest absolute Gasteiger partial charge is 0.0716 e. The summed E-state index contributed by atoms with van der Waals surface area (Å²) in [7, 11) is 0. The van der Waals surface area contributed by atoms with Gasteiger partial charge in [0.05, 0.1) is 18.8 Å². The molecule has 0 saturated heterocycles. The summed E-state index contributed by atoms with van der Waals surface area (Å²) in [6.07, 6.45) is 1.09. The van der Waals surface area contributed by atoms with Gasteiger partial charge in [0.15, 0.2) is 0 Å². The lowest BCUT2D eigenvalue weighted by Gasteiger charge is -2.12. The molecule has 0 aliphatic carbocycles. The lowest BCUT2D eigenvalue weighted by atomic mass is 10.1. The first-order chi connectivity index (χ1) is 8.18. The van der Waals surface area contributed by atoms with Crippen molar-refractivity contribution in [1.82, 2.24) is 0 Å². The van der Waals surface area contributed by atoms with Crippen LogP contribution in [-0.4, -0.2) is 29.0 Å². The minimum absolute atomic E-state index is 0.421. The first-order valence-electron chi connectivity index (χ1n) is 6.16. The van der Waals surface area contributed by atoms with E-state index < -0.39 is 12.2 Å². The molecule has 2 atom stereocenters. The second-order valence-electron chi connectivity index (χ2n) is 4.42. The third-order valence-electron chi connectivity index (χ3n) is 2.55. The monoisotopic (exact) mass is 238 g/mol. The lowest BCUT2D eigenvalue weighted by Crippen LogP contribution is -2.15. The van der Waals surface area contributed by atoms with Gasteiger partial charge in [-0.05, 0) is 31.7 Å². The molecule has 0 radical (unpaired) electrons. The molecule has 1 aromatic rings. The second kappa shape index (κ2) is 8.23. The maximum Gasteiger partial charge on any atom is 0.0716 e. The van der Waals surface area contributed by atoms with Crippen molar-refractivity contribution >= 4 is 0 Å². The van der Waals surface area contributed by atoms with Crippen LogP contribution in [-0.2, 0) is 11.3 Å². The Hall–Kier alpha value is -0.900. The average molecular weight is 238 g/mol. The molecule has 0 bridgehead atoms. The van der Waals surface area contributed by atoms with E-state index >= 15 is 0 Å². The maximum absolute atomic E-state index is 9.52. The highest BCUT2D eigenvalue weighted by atomic mass is 16.5. The predicted molar refractivity (Wildman–Crippen MR) is 67.6 cm³/mol. The second-order valence-corrected chi connectivity index (χ2v) is 4.42. The van der Waals surface area contributed by atoms with Crippen LogP contribution in [0, 0.1) is 0 Å².